The lowest BCUT2D eigenvalue weighted by atomic mass is 10.2. The summed E-state index contributed by atoms with van der Waals surface area (Å²) in [6.07, 6.45) is -3.05. The molecule has 4 N–H and O–H groups in total. The molecule has 1 amide bonds. The first-order valence-electron chi connectivity index (χ1n) is 8.73. The van der Waals surface area contributed by atoms with Gasteiger partial charge in [-0.1, -0.05) is 11.8 Å². The van der Waals surface area contributed by atoms with Crippen molar-refractivity contribution in [1.29, 1.82) is 0 Å². The van der Waals surface area contributed by atoms with Crippen LogP contribution in [0.4, 0.5) is 18.9 Å². The average Bonchev–Trinajstić information content (AvgIpc) is 3.36. The smallest absolute Gasteiger partial charge is 0.343 e. The maximum absolute atomic E-state index is 13.4. The van der Waals surface area contributed by atoms with Gasteiger partial charge in [0.2, 0.25) is 5.82 Å². The summed E-state index contributed by atoms with van der Waals surface area (Å²) in [4.78, 5) is 29.5. The number of nitrogens with zero attached hydrogens (tertiary/aromatic N) is 5. The van der Waals surface area contributed by atoms with E-state index in [0.717, 1.165) is 34.6 Å². The number of hydrogen-bond donors (Lipinski definition) is 4. The number of carbonyl (C=O) groups is 1. The van der Waals surface area contributed by atoms with Crippen molar-refractivity contribution in [1.82, 2.24) is 35.9 Å². The molecule has 0 spiro atoms. The quantitative estimate of drug-likeness (QED) is 0.124. The Hall–Kier alpha value is -3.66. The van der Waals surface area contributed by atoms with Crippen LogP contribution in [0.3, 0.4) is 0 Å². The summed E-state index contributed by atoms with van der Waals surface area (Å²) in [5, 5.41) is 23.1. The highest BCUT2D eigenvalue weighted by Gasteiger charge is 2.19. The van der Waals surface area contributed by atoms with E-state index in [-0.39, 0.29) is 40.4 Å². The van der Waals surface area contributed by atoms with Gasteiger partial charge in [0.05, 0.1) is 11.3 Å². The monoisotopic (exact) mass is 472 g/mol. The summed E-state index contributed by atoms with van der Waals surface area (Å²) in [6, 6.07) is 2.79. The van der Waals surface area contributed by atoms with Gasteiger partial charge in [0.1, 0.15) is 5.82 Å². The molecule has 2 heterocycles. The van der Waals surface area contributed by atoms with Crippen molar-refractivity contribution in [2.24, 2.45) is 12.0 Å². The molecule has 3 rings (SSSR count). The standard InChI is InChI=1S/C16H15F3N8O4S/c1-27-16(29)22-13(23-27)14(28)20-4-5-32-15-10(25-31-26-15)12(24-30)21-7-2-3-9(17)8(6-7)11(18)19/h2-3,6,11,30H,4-5H2,1H3,(H,20,28)(H,21,24)(H,22,23,29). The van der Waals surface area contributed by atoms with Gasteiger partial charge in [-0.25, -0.2) is 32.3 Å². The molecule has 1 aromatic carbocycles. The molecular weight excluding hydrogens is 457 g/mol. The molecule has 0 aliphatic heterocycles. The van der Waals surface area contributed by atoms with Crippen LogP contribution in [0, 0.1) is 5.82 Å². The average molecular weight is 472 g/mol. The van der Waals surface area contributed by atoms with Gasteiger partial charge in [0.25, 0.3) is 12.3 Å². The molecule has 2 aromatic heterocycles. The highest BCUT2D eigenvalue weighted by atomic mass is 32.2. The zero-order chi connectivity index (χ0) is 23.3. The van der Waals surface area contributed by atoms with E-state index in [0.29, 0.717) is 0 Å². The number of nitrogens with one attached hydrogen (secondary N) is 3. The van der Waals surface area contributed by atoms with Crippen LogP contribution in [-0.4, -0.2) is 54.3 Å². The minimum atomic E-state index is -3.05. The fraction of sp³-hybridized carbons (Fsp3) is 0.250. The Balaban J connectivity index is 1.66. The summed E-state index contributed by atoms with van der Waals surface area (Å²) in [6.45, 7) is 0.142. The first-order chi connectivity index (χ1) is 15.3. The number of H-pyrrole nitrogens is 1. The number of aliphatic imine (C=N–C) groups is 1. The van der Waals surface area contributed by atoms with Crippen molar-refractivity contribution < 1.29 is 27.8 Å². The third-order valence-electron chi connectivity index (χ3n) is 3.85. The van der Waals surface area contributed by atoms with Crippen molar-refractivity contribution in [3.8, 4) is 0 Å². The van der Waals surface area contributed by atoms with Crippen molar-refractivity contribution in [2.75, 3.05) is 12.3 Å². The molecule has 170 valence electrons. The maximum atomic E-state index is 13.4. The normalized spacial score (nSPS) is 11.8. The summed E-state index contributed by atoms with van der Waals surface area (Å²) in [5.74, 6) is -1.83. The van der Waals surface area contributed by atoms with Crippen LogP contribution in [0.1, 0.15) is 28.3 Å². The van der Waals surface area contributed by atoms with Gasteiger partial charge in [0, 0.05) is 19.3 Å². The Bertz CT molecular complexity index is 1190. The third kappa shape index (κ3) is 5.33. The number of halogens is 3. The zero-order valence-corrected chi connectivity index (χ0v) is 17.0. The highest BCUT2D eigenvalue weighted by molar-refractivity contribution is 7.99. The molecule has 0 unspecified atom stereocenters. The topological polar surface area (TPSA) is 163 Å². The largest absolute Gasteiger partial charge is 0.348 e. The Labute approximate surface area is 180 Å². The van der Waals surface area contributed by atoms with E-state index in [2.05, 4.69) is 35.3 Å². The second kappa shape index (κ2) is 10.1. The Morgan fingerprint density at radius 2 is 2.19 bits per heavy atom. The van der Waals surface area contributed by atoms with Crippen LogP contribution in [-0.2, 0) is 7.05 Å². The third-order valence-corrected chi connectivity index (χ3v) is 4.80. The van der Waals surface area contributed by atoms with E-state index < -0.39 is 29.4 Å². The molecule has 0 radical (unpaired) electrons. The Morgan fingerprint density at radius 1 is 1.41 bits per heavy atom. The second-order valence-corrected chi connectivity index (χ2v) is 7.09. The summed E-state index contributed by atoms with van der Waals surface area (Å²) < 4.78 is 44.8. The Kier molecular flexibility index (Phi) is 7.26. The summed E-state index contributed by atoms with van der Waals surface area (Å²) >= 11 is 1.07. The van der Waals surface area contributed by atoms with E-state index in [1.807, 2.05) is 0 Å². The van der Waals surface area contributed by atoms with Crippen LogP contribution in [0.2, 0.25) is 0 Å². The van der Waals surface area contributed by atoms with E-state index in [9.17, 15) is 28.0 Å². The highest BCUT2D eigenvalue weighted by Crippen LogP contribution is 2.27. The van der Waals surface area contributed by atoms with Crippen LogP contribution in [0.15, 0.2) is 37.6 Å². The first-order valence-corrected chi connectivity index (χ1v) is 9.72. The number of thioether (sulfide) groups is 1. The SMILES string of the molecule is Cn1nc(C(=O)NCCSc2nonc2C(=Nc2ccc(F)c(C(F)F)c2)NO)[nH]c1=O. The molecule has 0 aliphatic rings. The number of aryl methyl sites for hydroxylation is 1. The van der Waals surface area contributed by atoms with Crippen LogP contribution in [0.25, 0.3) is 0 Å². The summed E-state index contributed by atoms with van der Waals surface area (Å²) in [7, 11) is 1.39. The molecule has 0 atom stereocenters. The van der Waals surface area contributed by atoms with Gasteiger partial charge < -0.3 is 5.32 Å². The van der Waals surface area contributed by atoms with Gasteiger partial charge in [-0.15, -0.1) is 5.10 Å². The lowest BCUT2D eigenvalue weighted by Gasteiger charge is -2.06. The predicted octanol–water partition coefficient (Wildman–Crippen LogP) is 1.15. The maximum Gasteiger partial charge on any atom is 0.343 e. The number of benzene rings is 1. The van der Waals surface area contributed by atoms with Crippen molar-refractivity contribution in [3.63, 3.8) is 0 Å². The number of hydrogen-bond acceptors (Lipinski definition) is 9. The molecule has 12 nitrogen and oxygen atoms in total. The number of carbonyl (C=O) groups excluding carboxylic acids is 1. The van der Waals surface area contributed by atoms with Gasteiger partial charge in [0.15, 0.2) is 16.6 Å². The molecule has 0 fully saturated rings. The molecule has 0 saturated heterocycles. The van der Waals surface area contributed by atoms with E-state index >= 15 is 0 Å². The molecule has 0 bridgehead atoms. The number of alkyl halides is 2. The van der Waals surface area contributed by atoms with Gasteiger partial charge in [-0.2, -0.15) is 0 Å². The number of amidine groups is 1. The lowest BCUT2D eigenvalue weighted by molar-refractivity contribution is 0.0945. The lowest BCUT2D eigenvalue weighted by Crippen LogP contribution is -2.27. The molecule has 0 aliphatic carbocycles. The summed E-state index contributed by atoms with van der Waals surface area (Å²) in [5.41, 5.74) is 0.277. The molecule has 3 aromatic rings. The predicted molar refractivity (Wildman–Crippen MR) is 104 cm³/mol. The number of aromatic amines is 1. The first kappa shape index (κ1) is 23.0. The van der Waals surface area contributed by atoms with E-state index in [1.165, 1.54) is 7.05 Å². The fourth-order valence-corrected chi connectivity index (χ4v) is 3.10. The van der Waals surface area contributed by atoms with Crippen LogP contribution < -0.4 is 16.5 Å². The van der Waals surface area contributed by atoms with E-state index in [1.54, 1.807) is 5.48 Å². The van der Waals surface area contributed by atoms with Crippen molar-refractivity contribution in [3.05, 3.63) is 51.6 Å². The van der Waals surface area contributed by atoms with Crippen molar-refractivity contribution >= 4 is 29.2 Å². The minimum Gasteiger partial charge on any atom is -0.348 e. The Morgan fingerprint density at radius 3 is 2.84 bits per heavy atom. The molecule has 16 heteroatoms. The fourth-order valence-electron chi connectivity index (χ4n) is 2.35. The number of aromatic nitrogens is 5. The van der Waals surface area contributed by atoms with E-state index in [4.69, 9.17) is 0 Å². The van der Waals surface area contributed by atoms with Crippen LogP contribution >= 0.6 is 11.8 Å². The van der Waals surface area contributed by atoms with Crippen molar-refractivity contribution in [2.45, 2.75) is 11.5 Å². The second-order valence-electron chi connectivity index (χ2n) is 6.00. The number of amides is 1. The zero-order valence-electron chi connectivity index (χ0n) is 16.2. The van der Waals surface area contributed by atoms with Crippen LogP contribution in [0.5, 0.6) is 0 Å². The van der Waals surface area contributed by atoms with Gasteiger partial charge in [-0.05, 0) is 28.5 Å². The number of hydroxylamine groups is 1. The molecule has 0 saturated carbocycles. The number of rotatable bonds is 8. The molecule has 32 heavy (non-hydrogen) atoms. The molecular formula is C16H15F3N8O4S. The van der Waals surface area contributed by atoms with Gasteiger partial charge in [-0.3, -0.25) is 20.5 Å². The van der Waals surface area contributed by atoms with Gasteiger partial charge >= 0.3 is 5.69 Å². The minimum absolute atomic E-state index is 0.0409.